The molecule has 2 aromatic rings. The molecule has 4 heterocycles. The number of anilines is 2. The predicted octanol–water partition coefficient (Wildman–Crippen LogP) is 2.09. The van der Waals surface area contributed by atoms with Gasteiger partial charge in [-0.3, -0.25) is 0 Å². The molecule has 0 bridgehead atoms. The molecular weight excluding hydrogens is 352 g/mol. The first kappa shape index (κ1) is 19.1. The van der Waals surface area contributed by atoms with Crippen LogP contribution >= 0.6 is 0 Å². The molecule has 0 unspecified atom stereocenters. The summed E-state index contributed by atoms with van der Waals surface area (Å²) < 4.78 is 1.99. The summed E-state index contributed by atoms with van der Waals surface area (Å²) in [5, 5.41) is 11.9. The van der Waals surface area contributed by atoms with Gasteiger partial charge in [0.2, 0.25) is 5.95 Å². The summed E-state index contributed by atoms with van der Waals surface area (Å²) in [7, 11) is 1.99. The molecule has 0 aromatic carbocycles. The van der Waals surface area contributed by atoms with E-state index in [-0.39, 0.29) is 6.04 Å². The van der Waals surface area contributed by atoms with Crippen LogP contribution in [0.2, 0.25) is 0 Å². The van der Waals surface area contributed by atoms with Crippen molar-refractivity contribution in [2.75, 3.05) is 36.0 Å². The molecule has 2 aromatic heterocycles. The molecule has 0 radical (unpaired) electrons. The Morgan fingerprint density at radius 3 is 2.50 bits per heavy atom. The SMILES string of the molecule is CCc1cc(N2CCC(N[C@H](C)c3nncn3C)CC2)nc(N2CCCC2)n1. The van der Waals surface area contributed by atoms with E-state index in [1.54, 1.807) is 6.33 Å². The zero-order valence-corrected chi connectivity index (χ0v) is 17.3. The van der Waals surface area contributed by atoms with Crippen molar-refractivity contribution in [2.24, 2.45) is 7.05 Å². The van der Waals surface area contributed by atoms with E-state index in [0.29, 0.717) is 6.04 Å². The largest absolute Gasteiger partial charge is 0.356 e. The van der Waals surface area contributed by atoms with Crippen LogP contribution in [0, 0.1) is 0 Å². The molecule has 2 aliphatic heterocycles. The normalized spacial score (nSPS) is 19.4. The number of nitrogens with zero attached hydrogens (tertiary/aromatic N) is 7. The van der Waals surface area contributed by atoms with Gasteiger partial charge in [-0.15, -0.1) is 10.2 Å². The molecular formula is C20H32N8. The van der Waals surface area contributed by atoms with Crippen LogP contribution in [0.15, 0.2) is 12.4 Å². The van der Waals surface area contributed by atoms with E-state index in [1.165, 1.54) is 12.8 Å². The monoisotopic (exact) mass is 384 g/mol. The van der Waals surface area contributed by atoms with Crippen LogP contribution in [0.3, 0.4) is 0 Å². The molecule has 4 rings (SSSR count). The van der Waals surface area contributed by atoms with Crippen LogP contribution in [0.4, 0.5) is 11.8 Å². The van der Waals surface area contributed by atoms with Crippen LogP contribution < -0.4 is 15.1 Å². The fraction of sp³-hybridized carbons (Fsp3) is 0.700. The van der Waals surface area contributed by atoms with E-state index in [4.69, 9.17) is 9.97 Å². The Kier molecular flexibility index (Phi) is 5.75. The van der Waals surface area contributed by atoms with Crippen LogP contribution in [-0.2, 0) is 13.5 Å². The highest BCUT2D eigenvalue weighted by molar-refractivity contribution is 5.47. The summed E-state index contributed by atoms with van der Waals surface area (Å²) in [5.74, 6) is 3.00. The van der Waals surface area contributed by atoms with Gasteiger partial charge < -0.3 is 19.7 Å². The van der Waals surface area contributed by atoms with E-state index in [2.05, 4.69) is 45.2 Å². The fourth-order valence-corrected chi connectivity index (χ4v) is 4.26. The summed E-state index contributed by atoms with van der Waals surface area (Å²) in [6.45, 7) is 8.53. The highest BCUT2D eigenvalue weighted by Gasteiger charge is 2.24. The van der Waals surface area contributed by atoms with Gasteiger partial charge in [-0.1, -0.05) is 6.92 Å². The van der Waals surface area contributed by atoms with Crippen molar-refractivity contribution in [2.45, 2.75) is 58.0 Å². The van der Waals surface area contributed by atoms with Gasteiger partial charge in [0.25, 0.3) is 0 Å². The van der Waals surface area contributed by atoms with Gasteiger partial charge in [0, 0.05) is 51.0 Å². The summed E-state index contributed by atoms with van der Waals surface area (Å²) in [5.41, 5.74) is 1.14. The zero-order valence-electron chi connectivity index (χ0n) is 17.3. The highest BCUT2D eigenvalue weighted by atomic mass is 15.3. The lowest BCUT2D eigenvalue weighted by atomic mass is 10.0. The first-order chi connectivity index (χ1) is 13.6. The summed E-state index contributed by atoms with van der Waals surface area (Å²) >= 11 is 0. The van der Waals surface area contributed by atoms with E-state index in [0.717, 1.165) is 68.7 Å². The molecule has 2 aliphatic rings. The van der Waals surface area contributed by atoms with Gasteiger partial charge in [0.05, 0.1) is 6.04 Å². The topological polar surface area (TPSA) is 75.0 Å². The molecule has 8 nitrogen and oxygen atoms in total. The maximum atomic E-state index is 4.92. The molecule has 2 saturated heterocycles. The summed E-state index contributed by atoms with van der Waals surface area (Å²) in [4.78, 5) is 14.5. The number of hydrogen-bond acceptors (Lipinski definition) is 7. The standard InChI is InChI=1S/C20H32N8/c1-4-16-13-18(24-20(23-16)28-9-5-6-10-28)27-11-7-17(8-12-27)22-15(2)19-25-21-14-26(19)3/h13-15,17,22H,4-12H2,1-3H3/t15-/m1/s1. The van der Waals surface area contributed by atoms with Crippen LogP contribution in [0.5, 0.6) is 0 Å². The van der Waals surface area contributed by atoms with Crippen molar-refractivity contribution in [3.63, 3.8) is 0 Å². The molecule has 1 atom stereocenters. The number of rotatable bonds is 6. The second-order valence-corrected chi connectivity index (χ2v) is 8.01. The average Bonchev–Trinajstić information content (AvgIpc) is 3.40. The number of aryl methyl sites for hydroxylation is 2. The van der Waals surface area contributed by atoms with Gasteiger partial charge in [0.1, 0.15) is 18.0 Å². The lowest BCUT2D eigenvalue weighted by molar-refractivity contribution is 0.369. The maximum absolute atomic E-state index is 4.92. The minimum Gasteiger partial charge on any atom is -0.356 e. The van der Waals surface area contributed by atoms with Gasteiger partial charge in [-0.2, -0.15) is 4.98 Å². The number of aromatic nitrogens is 5. The molecule has 8 heteroatoms. The van der Waals surface area contributed by atoms with E-state index in [1.807, 2.05) is 11.6 Å². The van der Waals surface area contributed by atoms with Crippen molar-refractivity contribution in [3.8, 4) is 0 Å². The van der Waals surface area contributed by atoms with Gasteiger partial charge in [-0.25, -0.2) is 4.98 Å². The lowest BCUT2D eigenvalue weighted by Crippen LogP contribution is -2.44. The molecule has 2 fully saturated rings. The van der Waals surface area contributed by atoms with Crippen LogP contribution in [0.1, 0.15) is 57.1 Å². The third kappa shape index (κ3) is 4.11. The molecule has 28 heavy (non-hydrogen) atoms. The Balaban J connectivity index is 1.39. The van der Waals surface area contributed by atoms with E-state index >= 15 is 0 Å². The Labute approximate surface area is 167 Å². The molecule has 1 N–H and O–H groups in total. The Morgan fingerprint density at radius 2 is 1.86 bits per heavy atom. The summed E-state index contributed by atoms with van der Waals surface area (Å²) in [6, 6.07) is 2.88. The van der Waals surface area contributed by atoms with Crippen molar-refractivity contribution in [1.82, 2.24) is 30.0 Å². The Bertz CT molecular complexity index is 774. The number of hydrogen-bond donors (Lipinski definition) is 1. The maximum Gasteiger partial charge on any atom is 0.227 e. The predicted molar refractivity (Wildman–Crippen MR) is 111 cm³/mol. The first-order valence-electron chi connectivity index (χ1n) is 10.6. The quantitative estimate of drug-likeness (QED) is 0.817. The first-order valence-corrected chi connectivity index (χ1v) is 10.6. The molecule has 0 amide bonds. The minimum absolute atomic E-state index is 0.205. The number of nitrogens with one attached hydrogen (secondary N) is 1. The number of piperidine rings is 1. The van der Waals surface area contributed by atoms with Gasteiger partial charge >= 0.3 is 0 Å². The van der Waals surface area contributed by atoms with E-state index in [9.17, 15) is 0 Å². The Hall–Kier alpha value is -2.22. The second kappa shape index (κ2) is 8.43. The van der Waals surface area contributed by atoms with Crippen molar-refractivity contribution < 1.29 is 0 Å². The second-order valence-electron chi connectivity index (χ2n) is 8.01. The molecule has 0 aliphatic carbocycles. The lowest BCUT2D eigenvalue weighted by Gasteiger charge is -2.35. The van der Waals surface area contributed by atoms with Crippen LogP contribution in [0.25, 0.3) is 0 Å². The molecule has 0 saturated carbocycles. The van der Waals surface area contributed by atoms with Crippen molar-refractivity contribution >= 4 is 11.8 Å². The molecule has 0 spiro atoms. The van der Waals surface area contributed by atoms with E-state index < -0.39 is 0 Å². The fourth-order valence-electron chi connectivity index (χ4n) is 4.26. The van der Waals surface area contributed by atoms with Gasteiger partial charge in [-0.05, 0) is 39.0 Å². The van der Waals surface area contributed by atoms with Crippen molar-refractivity contribution in [1.29, 1.82) is 0 Å². The smallest absolute Gasteiger partial charge is 0.227 e. The third-order valence-electron chi connectivity index (χ3n) is 5.94. The van der Waals surface area contributed by atoms with Crippen LogP contribution in [-0.4, -0.2) is 57.0 Å². The summed E-state index contributed by atoms with van der Waals surface area (Å²) in [6.07, 6.45) is 7.41. The zero-order chi connectivity index (χ0) is 19.5. The Morgan fingerprint density at radius 1 is 1.11 bits per heavy atom. The molecule has 152 valence electrons. The highest BCUT2D eigenvalue weighted by Crippen LogP contribution is 2.24. The minimum atomic E-state index is 0.205. The van der Waals surface area contributed by atoms with Gasteiger partial charge in [0.15, 0.2) is 0 Å². The van der Waals surface area contributed by atoms with Crippen molar-refractivity contribution in [3.05, 3.63) is 23.9 Å². The average molecular weight is 385 g/mol. The third-order valence-corrected chi connectivity index (χ3v) is 5.94.